The van der Waals surface area contributed by atoms with Gasteiger partial charge in [-0.2, -0.15) is 13.2 Å². The number of hydrogen-bond acceptors (Lipinski definition) is 4. The van der Waals surface area contributed by atoms with Crippen molar-refractivity contribution in [2.45, 2.75) is 45.2 Å². The molecule has 2 aromatic carbocycles. The average molecular weight is 542 g/mol. The molecule has 6 nitrogen and oxygen atoms in total. The molecular weight excluding hydrogens is 521 g/mol. The van der Waals surface area contributed by atoms with Crippen LogP contribution in [-0.2, 0) is 28.9 Å². The lowest BCUT2D eigenvalue weighted by Crippen LogP contribution is -2.42. The molecular formula is C25H21ClF5N3O3. The number of aromatic amines is 1. The summed E-state index contributed by atoms with van der Waals surface area (Å²) in [5, 5.41) is 2.51. The van der Waals surface area contributed by atoms with Crippen LogP contribution in [0.25, 0.3) is 11.4 Å². The highest BCUT2D eigenvalue weighted by Crippen LogP contribution is 2.38. The topological polar surface area (TPSA) is 84.1 Å². The molecule has 4 rings (SSSR count). The number of aryl methyl sites for hydroxylation is 1. The number of H-pyrrole nitrogens is 1. The van der Waals surface area contributed by atoms with E-state index >= 15 is 4.39 Å². The smallest absolute Gasteiger partial charge is 0.373 e. The molecule has 1 aromatic heterocycles. The van der Waals surface area contributed by atoms with Crippen LogP contribution in [0.15, 0.2) is 41.2 Å². The van der Waals surface area contributed by atoms with Gasteiger partial charge in [0.25, 0.3) is 5.56 Å². The van der Waals surface area contributed by atoms with Gasteiger partial charge in [-0.25, -0.2) is 13.8 Å². The number of benzene rings is 2. The maximum Gasteiger partial charge on any atom is 0.417 e. The Morgan fingerprint density at radius 3 is 2.57 bits per heavy atom. The average Bonchev–Trinajstić information content (AvgIpc) is 2.78. The van der Waals surface area contributed by atoms with E-state index in [2.05, 4.69) is 15.3 Å². The zero-order valence-corrected chi connectivity index (χ0v) is 20.1. The molecule has 0 spiro atoms. The lowest BCUT2D eigenvalue weighted by molar-refractivity contribution is -0.137. The standard InChI is InChI=1S/C25H21ClF5N3O3/c1-12-7-19(35)34-23(33-12)20-17(25(29,30)31)6-5-13(22(20)28)10-32-24(36)15-8-16(9-15)37-11-14-3-2-4-18(26)21(14)27/h2-7,15-16H,8-11H2,1H3,(H,32,36)(H,33,34,35)/t15-,16-. The monoisotopic (exact) mass is 541 g/mol. The molecule has 1 saturated carbocycles. The Morgan fingerprint density at radius 2 is 1.89 bits per heavy atom. The lowest BCUT2D eigenvalue weighted by Gasteiger charge is -2.34. The number of rotatable bonds is 7. The zero-order valence-electron chi connectivity index (χ0n) is 19.4. The number of carbonyl (C=O) groups is 1. The number of alkyl halides is 3. The molecule has 0 unspecified atom stereocenters. The number of carbonyl (C=O) groups excluding carboxylic acids is 1. The first kappa shape index (κ1) is 26.7. The molecule has 1 heterocycles. The van der Waals surface area contributed by atoms with E-state index in [0.29, 0.717) is 24.5 Å². The summed E-state index contributed by atoms with van der Waals surface area (Å²) in [5.41, 5.74) is -2.73. The van der Waals surface area contributed by atoms with Crippen LogP contribution in [0.5, 0.6) is 0 Å². The minimum atomic E-state index is -4.91. The van der Waals surface area contributed by atoms with Crippen molar-refractivity contribution in [2.75, 3.05) is 0 Å². The summed E-state index contributed by atoms with van der Waals surface area (Å²) in [7, 11) is 0. The van der Waals surface area contributed by atoms with E-state index in [1.54, 1.807) is 12.1 Å². The van der Waals surface area contributed by atoms with E-state index in [1.165, 1.54) is 13.0 Å². The van der Waals surface area contributed by atoms with Crippen LogP contribution in [0.3, 0.4) is 0 Å². The van der Waals surface area contributed by atoms with E-state index in [1.807, 2.05) is 0 Å². The summed E-state index contributed by atoms with van der Waals surface area (Å²) in [6, 6.07) is 7.24. The SMILES string of the molecule is Cc1cc(=O)[nH]c(-c2c(C(F)(F)F)ccc(CNC(=O)[C@H]3C[C@H](OCc4cccc(Cl)c4F)C3)c2F)n1. The van der Waals surface area contributed by atoms with E-state index in [-0.39, 0.29) is 35.5 Å². The van der Waals surface area contributed by atoms with Crippen LogP contribution in [0.4, 0.5) is 22.0 Å². The van der Waals surface area contributed by atoms with Crippen LogP contribution < -0.4 is 10.9 Å². The molecule has 1 amide bonds. The third-order valence-electron chi connectivity index (χ3n) is 6.06. The van der Waals surface area contributed by atoms with Crippen LogP contribution >= 0.6 is 11.6 Å². The van der Waals surface area contributed by atoms with E-state index in [4.69, 9.17) is 16.3 Å². The van der Waals surface area contributed by atoms with Gasteiger partial charge >= 0.3 is 6.18 Å². The maximum absolute atomic E-state index is 15.3. The summed E-state index contributed by atoms with van der Waals surface area (Å²) in [6.07, 6.45) is -4.49. The van der Waals surface area contributed by atoms with Crippen molar-refractivity contribution in [3.63, 3.8) is 0 Å². The highest BCUT2D eigenvalue weighted by molar-refractivity contribution is 6.30. The van der Waals surface area contributed by atoms with Gasteiger partial charge in [0.1, 0.15) is 17.5 Å². The van der Waals surface area contributed by atoms with E-state index in [9.17, 15) is 27.2 Å². The molecule has 1 aliphatic carbocycles. The molecule has 2 N–H and O–H groups in total. The normalized spacial score (nSPS) is 17.4. The van der Waals surface area contributed by atoms with Crippen molar-refractivity contribution >= 4 is 17.5 Å². The van der Waals surface area contributed by atoms with Crippen LogP contribution in [0.2, 0.25) is 5.02 Å². The number of ether oxygens (including phenoxy) is 1. The molecule has 0 saturated heterocycles. The Bertz CT molecular complexity index is 1390. The third kappa shape index (κ3) is 5.99. The Balaban J connectivity index is 1.41. The van der Waals surface area contributed by atoms with Gasteiger partial charge in [0.15, 0.2) is 0 Å². The summed E-state index contributed by atoms with van der Waals surface area (Å²) in [5.74, 6) is -3.24. The van der Waals surface area contributed by atoms with Gasteiger partial charge in [-0.1, -0.05) is 29.8 Å². The molecule has 1 fully saturated rings. The fourth-order valence-electron chi connectivity index (χ4n) is 4.03. The van der Waals surface area contributed by atoms with E-state index in [0.717, 1.165) is 12.1 Å². The van der Waals surface area contributed by atoms with Gasteiger partial charge in [0.2, 0.25) is 5.91 Å². The van der Waals surface area contributed by atoms with Crippen molar-refractivity contribution in [2.24, 2.45) is 5.92 Å². The zero-order chi connectivity index (χ0) is 26.9. The fourth-order valence-corrected chi connectivity index (χ4v) is 4.23. The second-order valence-corrected chi connectivity index (χ2v) is 9.13. The second-order valence-electron chi connectivity index (χ2n) is 8.73. The molecule has 1 aliphatic rings. The van der Waals surface area contributed by atoms with Gasteiger partial charge in [0.05, 0.1) is 28.9 Å². The largest absolute Gasteiger partial charge is 0.417 e. The quantitative estimate of drug-likeness (QED) is 0.397. The van der Waals surface area contributed by atoms with Crippen molar-refractivity contribution in [1.29, 1.82) is 0 Å². The first-order valence-electron chi connectivity index (χ1n) is 11.2. The number of nitrogens with zero attached hydrogens (tertiary/aromatic N) is 1. The van der Waals surface area contributed by atoms with Gasteiger partial charge in [-0.05, 0) is 31.9 Å². The van der Waals surface area contributed by atoms with Crippen LogP contribution in [0.1, 0.15) is 35.2 Å². The Labute approximate surface area is 212 Å². The number of halogens is 6. The van der Waals surface area contributed by atoms with Crippen molar-refractivity contribution < 1.29 is 31.5 Å². The molecule has 0 atom stereocenters. The van der Waals surface area contributed by atoms with Gasteiger partial charge in [-0.3, -0.25) is 9.59 Å². The first-order chi connectivity index (χ1) is 17.4. The molecule has 37 heavy (non-hydrogen) atoms. The summed E-state index contributed by atoms with van der Waals surface area (Å²) in [6.45, 7) is 1.01. The molecule has 3 aromatic rings. The molecule has 0 radical (unpaired) electrons. The number of nitrogens with one attached hydrogen (secondary N) is 2. The maximum atomic E-state index is 15.3. The van der Waals surface area contributed by atoms with Crippen molar-refractivity contribution in [1.82, 2.24) is 15.3 Å². The van der Waals surface area contributed by atoms with Crippen LogP contribution in [0, 0.1) is 24.5 Å². The minimum absolute atomic E-state index is 0.0139. The first-order valence-corrected chi connectivity index (χ1v) is 11.6. The predicted octanol–water partition coefficient (Wildman–Crippen LogP) is 5.31. The number of aromatic nitrogens is 2. The second kappa shape index (κ2) is 10.6. The number of amides is 1. The van der Waals surface area contributed by atoms with Gasteiger partial charge in [0, 0.05) is 35.3 Å². The van der Waals surface area contributed by atoms with Crippen molar-refractivity contribution in [3.05, 3.63) is 85.8 Å². The van der Waals surface area contributed by atoms with Crippen molar-refractivity contribution in [3.8, 4) is 11.4 Å². The molecule has 0 bridgehead atoms. The Kier molecular flexibility index (Phi) is 7.65. The molecule has 196 valence electrons. The summed E-state index contributed by atoms with van der Waals surface area (Å²) >= 11 is 5.74. The molecule has 0 aliphatic heterocycles. The Morgan fingerprint density at radius 1 is 1.16 bits per heavy atom. The Hall–Kier alpha value is -3.31. The highest BCUT2D eigenvalue weighted by atomic mass is 35.5. The predicted molar refractivity (Wildman–Crippen MR) is 125 cm³/mol. The number of hydrogen-bond donors (Lipinski definition) is 2. The van der Waals surface area contributed by atoms with Gasteiger partial charge < -0.3 is 15.0 Å². The lowest BCUT2D eigenvalue weighted by atomic mass is 9.81. The summed E-state index contributed by atoms with van der Waals surface area (Å²) in [4.78, 5) is 30.3. The van der Waals surface area contributed by atoms with E-state index < -0.39 is 52.1 Å². The fraction of sp³-hybridized carbons (Fsp3) is 0.320. The molecule has 12 heteroatoms. The third-order valence-corrected chi connectivity index (χ3v) is 6.35. The summed E-state index contributed by atoms with van der Waals surface area (Å²) < 4.78 is 75.6. The highest BCUT2D eigenvalue weighted by Gasteiger charge is 2.38. The minimum Gasteiger partial charge on any atom is -0.373 e. The van der Waals surface area contributed by atoms with Crippen LogP contribution in [-0.4, -0.2) is 22.0 Å². The van der Waals surface area contributed by atoms with Gasteiger partial charge in [-0.15, -0.1) is 0 Å².